The summed E-state index contributed by atoms with van der Waals surface area (Å²) in [6.45, 7) is 0. The Morgan fingerprint density at radius 3 is 2.35 bits per heavy atom. The van der Waals surface area contributed by atoms with Gasteiger partial charge >= 0.3 is 12.3 Å². The maximum atomic E-state index is 12.5. The Hall–Kier alpha value is -2.50. The van der Waals surface area contributed by atoms with Crippen molar-refractivity contribution in [1.29, 1.82) is 0 Å². The fourth-order valence-corrected chi connectivity index (χ4v) is 1.51. The van der Waals surface area contributed by atoms with Crippen molar-refractivity contribution in [1.82, 2.24) is 0 Å². The van der Waals surface area contributed by atoms with E-state index in [1.54, 1.807) is 30.3 Å². The first-order valence-corrected chi connectivity index (χ1v) is 5.66. The Morgan fingerprint density at radius 2 is 1.70 bits per heavy atom. The van der Waals surface area contributed by atoms with Crippen LogP contribution in [0.25, 0.3) is 0 Å². The molecule has 1 amide bonds. The number of benzene rings is 2. The Kier molecular flexibility index (Phi) is 3.93. The van der Waals surface area contributed by atoms with Crippen molar-refractivity contribution in [3.05, 3.63) is 60.2 Å². The summed E-state index contributed by atoms with van der Waals surface area (Å²) in [6.07, 6.45) is -5.31. The van der Waals surface area contributed by atoms with E-state index in [-0.39, 0.29) is 5.69 Å². The number of nitrogens with one attached hydrogen (secondary N) is 1. The highest BCUT2D eigenvalue weighted by Crippen LogP contribution is 2.30. The van der Waals surface area contributed by atoms with Crippen LogP contribution in [0.5, 0.6) is 5.75 Å². The third-order valence-corrected chi connectivity index (χ3v) is 2.39. The summed E-state index contributed by atoms with van der Waals surface area (Å²) >= 11 is 0. The second-order valence-electron chi connectivity index (χ2n) is 3.91. The zero-order valence-electron chi connectivity index (χ0n) is 10.1. The quantitative estimate of drug-likeness (QED) is 0.890. The van der Waals surface area contributed by atoms with E-state index < -0.39 is 17.8 Å². The van der Waals surface area contributed by atoms with Crippen LogP contribution in [0.1, 0.15) is 5.56 Å². The Labute approximate surface area is 113 Å². The average molecular weight is 281 g/mol. The molecule has 2 aromatic rings. The van der Waals surface area contributed by atoms with Crippen molar-refractivity contribution in [2.45, 2.75) is 6.18 Å². The molecule has 0 spiro atoms. The number of para-hydroxylation sites is 1. The van der Waals surface area contributed by atoms with Gasteiger partial charge < -0.3 is 4.74 Å². The highest BCUT2D eigenvalue weighted by molar-refractivity contribution is 5.86. The fourth-order valence-electron chi connectivity index (χ4n) is 1.51. The van der Waals surface area contributed by atoms with E-state index in [4.69, 9.17) is 4.74 Å². The smallest absolute Gasteiger partial charge is 0.410 e. The van der Waals surface area contributed by atoms with E-state index in [1.807, 2.05) is 0 Å². The molecule has 0 bridgehead atoms. The minimum absolute atomic E-state index is 0.0146. The van der Waals surface area contributed by atoms with Gasteiger partial charge in [0.25, 0.3) is 0 Å². The van der Waals surface area contributed by atoms with Crippen LogP contribution in [0.15, 0.2) is 54.6 Å². The molecule has 104 valence electrons. The number of rotatable bonds is 2. The number of carbonyl (C=O) groups excluding carboxylic acids is 1. The highest BCUT2D eigenvalue weighted by Gasteiger charge is 2.30. The summed E-state index contributed by atoms with van der Waals surface area (Å²) in [7, 11) is 0. The van der Waals surface area contributed by atoms with Crippen molar-refractivity contribution in [3.8, 4) is 5.75 Å². The molecular formula is C14H10F3NO2. The summed E-state index contributed by atoms with van der Waals surface area (Å²) in [5, 5.41) is 2.24. The van der Waals surface area contributed by atoms with Crippen LogP contribution in [0, 0.1) is 0 Å². The second-order valence-corrected chi connectivity index (χ2v) is 3.91. The number of halogens is 3. The highest BCUT2D eigenvalue weighted by atomic mass is 19.4. The number of hydrogen-bond acceptors (Lipinski definition) is 2. The Bertz CT molecular complexity index is 597. The molecule has 0 atom stereocenters. The molecule has 20 heavy (non-hydrogen) atoms. The third-order valence-electron chi connectivity index (χ3n) is 2.39. The van der Waals surface area contributed by atoms with Crippen LogP contribution in [0.3, 0.4) is 0 Å². The van der Waals surface area contributed by atoms with Crippen molar-refractivity contribution in [2.24, 2.45) is 0 Å². The molecule has 0 radical (unpaired) electrons. The summed E-state index contributed by atoms with van der Waals surface area (Å²) in [5.41, 5.74) is -0.823. The largest absolute Gasteiger partial charge is 0.417 e. The maximum absolute atomic E-state index is 12.5. The van der Waals surface area contributed by atoms with E-state index >= 15 is 0 Å². The van der Waals surface area contributed by atoms with Gasteiger partial charge in [-0.3, -0.25) is 5.32 Å². The van der Waals surface area contributed by atoms with Gasteiger partial charge in [-0.15, -0.1) is 0 Å². The lowest BCUT2D eigenvalue weighted by Crippen LogP contribution is -2.17. The normalized spacial score (nSPS) is 10.9. The first kappa shape index (κ1) is 13.9. The number of ether oxygens (including phenoxy) is 1. The summed E-state index contributed by atoms with van der Waals surface area (Å²) < 4.78 is 42.4. The van der Waals surface area contributed by atoms with Crippen molar-refractivity contribution in [2.75, 3.05) is 5.32 Å². The van der Waals surface area contributed by atoms with E-state index in [9.17, 15) is 18.0 Å². The Morgan fingerprint density at radius 1 is 1.00 bits per heavy atom. The van der Waals surface area contributed by atoms with Gasteiger partial charge in [-0.1, -0.05) is 24.3 Å². The number of hydrogen-bond donors (Lipinski definition) is 1. The molecule has 6 heteroatoms. The summed E-state index contributed by atoms with van der Waals surface area (Å²) in [4.78, 5) is 11.5. The lowest BCUT2D eigenvalue weighted by molar-refractivity contribution is -0.137. The minimum atomic E-state index is -4.46. The monoisotopic (exact) mass is 281 g/mol. The number of carbonyl (C=O) groups is 1. The average Bonchev–Trinajstić information content (AvgIpc) is 2.39. The van der Waals surface area contributed by atoms with Crippen LogP contribution in [0.2, 0.25) is 0 Å². The minimum Gasteiger partial charge on any atom is -0.410 e. The van der Waals surface area contributed by atoms with Crippen molar-refractivity contribution < 1.29 is 22.7 Å². The molecule has 0 saturated heterocycles. The van der Waals surface area contributed by atoms with Gasteiger partial charge in [0.15, 0.2) is 0 Å². The molecule has 0 aromatic heterocycles. The Balaban J connectivity index is 2.05. The van der Waals surface area contributed by atoms with Gasteiger partial charge in [0.05, 0.1) is 5.56 Å². The molecule has 2 rings (SSSR count). The summed E-state index contributed by atoms with van der Waals surface area (Å²) in [6, 6.07) is 12.5. The molecule has 0 aliphatic carbocycles. The molecule has 0 aliphatic rings. The lowest BCUT2D eigenvalue weighted by atomic mass is 10.2. The van der Waals surface area contributed by atoms with Gasteiger partial charge in [-0.2, -0.15) is 13.2 Å². The molecule has 2 aromatic carbocycles. The predicted molar refractivity (Wildman–Crippen MR) is 67.5 cm³/mol. The van der Waals surface area contributed by atoms with Gasteiger partial charge in [0.1, 0.15) is 5.75 Å². The van der Waals surface area contributed by atoms with Crippen LogP contribution >= 0.6 is 0 Å². The standard InChI is InChI=1S/C14H10F3NO2/c15-14(16,17)10-5-4-6-11(9-10)18-13(19)20-12-7-2-1-3-8-12/h1-9H,(H,18,19). The third kappa shape index (κ3) is 3.74. The SMILES string of the molecule is O=C(Nc1cccc(C(F)(F)F)c1)Oc1ccccc1. The molecule has 0 aliphatic heterocycles. The van der Waals surface area contributed by atoms with Gasteiger partial charge in [0, 0.05) is 5.69 Å². The van der Waals surface area contributed by atoms with E-state index in [0.717, 1.165) is 12.1 Å². The fraction of sp³-hybridized carbons (Fsp3) is 0.0714. The van der Waals surface area contributed by atoms with Crippen LogP contribution < -0.4 is 10.1 Å². The van der Waals surface area contributed by atoms with Gasteiger partial charge in [-0.05, 0) is 30.3 Å². The molecule has 0 unspecified atom stereocenters. The van der Waals surface area contributed by atoms with Gasteiger partial charge in [-0.25, -0.2) is 4.79 Å². The lowest BCUT2D eigenvalue weighted by Gasteiger charge is -2.10. The molecule has 3 nitrogen and oxygen atoms in total. The first-order valence-electron chi connectivity index (χ1n) is 5.66. The van der Waals surface area contributed by atoms with Crippen LogP contribution in [0.4, 0.5) is 23.7 Å². The molecule has 1 N–H and O–H groups in total. The molecule has 0 fully saturated rings. The molecular weight excluding hydrogens is 271 g/mol. The van der Waals surface area contributed by atoms with E-state index in [2.05, 4.69) is 5.32 Å². The maximum Gasteiger partial charge on any atom is 0.417 e. The second kappa shape index (κ2) is 5.64. The van der Waals surface area contributed by atoms with Crippen LogP contribution in [-0.4, -0.2) is 6.09 Å². The van der Waals surface area contributed by atoms with E-state index in [1.165, 1.54) is 12.1 Å². The number of amides is 1. The predicted octanol–water partition coefficient (Wildman–Crippen LogP) is 4.32. The number of alkyl halides is 3. The molecule has 0 heterocycles. The first-order chi connectivity index (χ1) is 9.45. The zero-order chi connectivity index (χ0) is 14.6. The van der Waals surface area contributed by atoms with Crippen molar-refractivity contribution >= 4 is 11.8 Å². The molecule has 0 saturated carbocycles. The van der Waals surface area contributed by atoms with Crippen molar-refractivity contribution in [3.63, 3.8) is 0 Å². The van der Waals surface area contributed by atoms with Gasteiger partial charge in [0.2, 0.25) is 0 Å². The zero-order valence-corrected chi connectivity index (χ0v) is 10.1. The topological polar surface area (TPSA) is 38.3 Å². The summed E-state index contributed by atoms with van der Waals surface area (Å²) in [5.74, 6) is 0.303. The van der Waals surface area contributed by atoms with Crippen LogP contribution in [-0.2, 0) is 6.18 Å². The number of anilines is 1. The van der Waals surface area contributed by atoms with E-state index in [0.29, 0.717) is 5.75 Å².